The van der Waals surface area contributed by atoms with Crippen LogP contribution in [-0.4, -0.2) is 9.13 Å². The van der Waals surface area contributed by atoms with E-state index >= 15 is 0 Å². The zero-order valence-electron chi connectivity index (χ0n) is 11.7. The van der Waals surface area contributed by atoms with Crippen LogP contribution in [0.4, 0.5) is 0 Å². The smallest absolute Gasteiger partial charge is 0.294 e. The molecule has 17 heavy (non-hydrogen) atoms. The number of rotatable bonds is 2. The van der Waals surface area contributed by atoms with Gasteiger partial charge in [0.25, 0.3) is 0 Å². The van der Waals surface area contributed by atoms with Gasteiger partial charge in [-0.1, -0.05) is 6.92 Å². The molecule has 0 bridgehead atoms. The standard InChI is InChI=1S/C14H24N2O/c1-9(2)15-12-8-6-7-11(5)13(12)16(10(3)4)14(15)17/h9-11H,6-8H2,1-5H3. The minimum atomic E-state index is 0.189. The SMILES string of the molecule is CC1CCCc2c1n(C(C)C)c(=O)n2C(C)C. The van der Waals surface area contributed by atoms with Gasteiger partial charge in [0, 0.05) is 23.5 Å². The molecule has 0 fully saturated rings. The van der Waals surface area contributed by atoms with Gasteiger partial charge in [0.15, 0.2) is 0 Å². The molecular weight excluding hydrogens is 212 g/mol. The lowest BCUT2D eigenvalue weighted by molar-refractivity contribution is 0.495. The third-order valence-electron chi connectivity index (χ3n) is 3.81. The fourth-order valence-electron chi connectivity index (χ4n) is 3.11. The van der Waals surface area contributed by atoms with E-state index in [4.69, 9.17) is 0 Å². The molecular formula is C14H24N2O. The van der Waals surface area contributed by atoms with E-state index in [9.17, 15) is 4.79 Å². The third kappa shape index (κ3) is 1.85. The summed E-state index contributed by atoms with van der Waals surface area (Å²) in [5, 5.41) is 0. The van der Waals surface area contributed by atoms with Crippen molar-refractivity contribution < 1.29 is 0 Å². The van der Waals surface area contributed by atoms with Gasteiger partial charge in [-0.2, -0.15) is 0 Å². The van der Waals surface area contributed by atoms with Gasteiger partial charge < -0.3 is 0 Å². The second kappa shape index (κ2) is 4.35. The molecule has 1 aliphatic rings. The van der Waals surface area contributed by atoms with E-state index < -0.39 is 0 Å². The van der Waals surface area contributed by atoms with Crippen LogP contribution in [0.25, 0.3) is 0 Å². The highest BCUT2D eigenvalue weighted by atomic mass is 16.2. The predicted octanol–water partition coefficient (Wildman–Crippen LogP) is 3.25. The van der Waals surface area contributed by atoms with E-state index in [1.54, 1.807) is 0 Å². The van der Waals surface area contributed by atoms with Crippen LogP contribution in [0, 0.1) is 0 Å². The monoisotopic (exact) mass is 236 g/mol. The summed E-state index contributed by atoms with van der Waals surface area (Å²) < 4.78 is 4.02. The second-order valence-corrected chi connectivity index (χ2v) is 5.84. The fraction of sp³-hybridized carbons (Fsp3) is 0.786. The van der Waals surface area contributed by atoms with E-state index in [2.05, 4.69) is 34.6 Å². The second-order valence-electron chi connectivity index (χ2n) is 5.84. The average Bonchev–Trinajstić information content (AvgIpc) is 2.51. The number of hydrogen-bond donors (Lipinski definition) is 0. The molecule has 0 aromatic carbocycles. The maximum Gasteiger partial charge on any atom is 0.329 e. The highest BCUT2D eigenvalue weighted by Crippen LogP contribution is 2.33. The quantitative estimate of drug-likeness (QED) is 0.774. The van der Waals surface area contributed by atoms with Crippen LogP contribution < -0.4 is 5.69 Å². The van der Waals surface area contributed by atoms with E-state index in [0.29, 0.717) is 5.92 Å². The first-order valence-electron chi connectivity index (χ1n) is 6.80. The Morgan fingerprint density at radius 1 is 1.12 bits per heavy atom. The summed E-state index contributed by atoms with van der Waals surface area (Å²) in [6.07, 6.45) is 3.48. The Bertz CT molecular complexity index is 465. The Hall–Kier alpha value is -0.990. The van der Waals surface area contributed by atoms with Crippen molar-refractivity contribution in [2.75, 3.05) is 0 Å². The molecule has 0 N–H and O–H groups in total. The molecule has 1 heterocycles. The molecule has 1 aromatic heterocycles. The zero-order chi connectivity index (χ0) is 12.7. The molecule has 0 aliphatic heterocycles. The number of hydrogen-bond acceptors (Lipinski definition) is 1. The van der Waals surface area contributed by atoms with Crippen molar-refractivity contribution in [3.8, 4) is 0 Å². The lowest BCUT2D eigenvalue weighted by Gasteiger charge is -2.23. The van der Waals surface area contributed by atoms with Crippen LogP contribution in [0.5, 0.6) is 0 Å². The van der Waals surface area contributed by atoms with Gasteiger partial charge in [0.1, 0.15) is 0 Å². The summed E-state index contributed by atoms with van der Waals surface area (Å²) in [7, 11) is 0. The highest BCUT2D eigenvalue weighted by molar-refractivity contribution is 5.23. The van der Waals surface area contributed by atoms with E-state index in [0.717, 1.165) is 6.42 Å². The first-order chi connectivity index (χ1) is 7.95. The Balaban J connectivity index is 2.73. The Kier molecular flexibility index (Phi) is 3.19. The van der Waals surface area contributed by atoms with E-state index in [1.807, 2.05) is 9.13 Å². The van der Waals surface area contributed by atoms with Crippen LogP contribution in [0.15, 0.2) is 4.79 Å². The molecule has 3 heteroatoms. The molecule has 2 rings (SSSR count). The summed E-state index contributed by atoms with van der Waals surface area (Å²) in [6.45, 7) is 10.7. The van der Waals surface area contributed by atoms with Crippen LogP contribution >= 0.6 is 0 Å². The minimum absolute atomic E-state index is 0.189. The first-order valence-corrected chi connectivity index (χ1v) is 6.80. The summed E-state index contributed by atoms with van der Waals surface area (Å²) in [5.74, 6) is 0.522. The van der Waals surface area contributed by atoms with Crippen molar-refractivity contribution in [3.63, 3.8) is 0 Å². The molecule has 0 amide bonds. The molecule has 1 unspecified atom stereocenters. The predicted molar refractivity (Wildman–Crippen MR) is 70.8 cm³/mol. The molecule has 1 aliphatic carbocycles. The summed E-state index contributed by atoms with van der Waals surface area (Å²) >= 11 is 0. The first kappa shape index (κ1) is 12.5. The zero-order valence-corrected chi connectivity index (χ0v) is 11.7. The van der Waals surface area contributed by atoms with Gasteiger partial charge >= 0.3 is 5.69 Å². The van der Waals surface area contributed by atoms with Crippen molar-refractivity contribution in [1.82, 2.24) is 9.13 Å². The molecule has 0 saturated carbocycles. The molecule has 0 radical (unpaired) electrons. The van der Waals surface area contributed by atoms with Crippen molar-refractivity contribution in [1.29, 1.82) is 0 Å². The molecule has 1 atom stereocenters. The minimum Gasteiger partial charge on any atom is -0.294 e. The van der Waals surface area contributed by atoms with Gasteiger partial charge in [0.2, 0.25) is 0 Å². The Morgan fingerprint density at radius 2 is 1.71 bits per heavy atom. The van der Waals surface area contributed by atoms with Crippen molar-refractivity contribution >= 4 is 0 Å². The van der Waals surface area contributed by atoms with Crippen LogP contribution in [-0.2, 0) is 6.42 Å². The normalized spacial score (nSPS) is 20.1. The number of imidazole rings is 1. The van der Waals surface area contributed by atoms with Crippen molar-refractivity contribution in [3.05, 3.63) is 21.9 Å². The Morgan fingerprint density at radius 3 is 2.24 bits per heavy atom. The van der Waals surface area contributed by atoms with Gasteiger partial charge in [-0.15, -0.1) is 0 Å². The third-order valence-corrected chi connectivity index (χ3v) is 3.81. The van der Waals surface area contributed by atoms with E-state index in [1.165, 1.54) is 24.2 Å². The van der Waals surface area contributed by atoms with Crippen molar-refractivity contribution in [2.45, 2.75) is 71.9 Å². The molecule has 0 saturated heterocycles. The Labute approximate surface area is 103 Å². The van der Waals surface area contributed by atoms with Crippen LogP contribution in [0.2, 0.25) is 0 Å². The van der Waals surface area contributed by atoms with Gasteiger partial charge in [0.05, 0.1) is 0 Å². The molecule has 96 valence electrons. The van der Waals surface area contributed by atoms with Crippen molar-refractivity contribution in [2.24, 2.45) is 0 Å². The van der Waals surface area contributed by atoms with E-state index in [-0.39, 0.29) is 17.8 Å². The molecule has 1 aromatic rings. The lowest BCUT2D eigenvalue weighted by atomic mass is 9.90. The maximum absolute atomic E-state index is 12.5. The van der Waals surface area contributed by atoms with Crippen LogP contribution in [0.3, 0.4) is 0 Å². The number of fused-ring (bicyclic) bond motifs is 1. The maximum atomic E-state index is 12.5. The van der Waals surface area contributed by atoms with Gasteiger partial charge in [-0.3, -0.25) is 9.13 Å². The largest absolute Gasteiger partial charge is 0.329 e. The lowest BCUT2D eigenvalue weighted by Crippen LogP contribution is -2.27. The van der Waals surface area contributed by atoms with Crippen LogP contribution in [0.1, 0.15) is 76.8 Å². The topological polar surface area (TPSA) is 26.9 Å². The highest BCUT2D eigenvalue weighted by Gasteiger charge is 2.28. The fourth-order valence-corrected chi connectivity index (χ4v) is 3.11. The average molecular weight is 236 g/mol. The van der Waals surface area contributed by atoms with Gasteiger partial charge in [-0.25, -0.2) is 4.79 Å². The number of aromatic nitrogens is 2. The molecule has 3 nitrogen and oxygen atoms in total. The molecule has 0 spiro atoms. The summed E-state index contributed by atoms with van der Waals surface area (Å²) in [5.41, 5.74) is 2.77. The number of nitrogens with zero attached hydrogens (tertiary/aromatic N) is 2. The van der Waals surface area contributed by atoms with Gasteiger partial charge in [-0.05, 0) is 52.9 Å². The summed E-state index contributed by atoms with van der Waals surface area (Å²) in [6, 6.07) is 0.526. The summed E-state index contributed by atoms with van der Waals surface area (Å²) in [4.78, 5) is 12.5.